The van der Waals surface area contributed by atoms with Crippen molar-refractivity contribution in [2.24, 2.45) is 0 Å². The van der Waals surface area contributed by atoms with Crippen molar-refractivity contribution in [3.8, 4) is 6.07 Å². The number of hydrogen-bond donors (Lipinski definition) is 1. The van der Waals surface area contributed by atoms with Crippen molar-refractivity contribution < 1.29 is 4.79 Å². The first-order chi connectivity index (χ1) is 8.61. The summed E-state index contributed by atoms with van der Waals surface area (Å²) in [6, 6.07) is 9.56. The zero-order valence-electron chi connectivity index (χ0n) is 11.1. The Labute approximate surface area is 108 Å². The number of nitrogens with zero attached hydrogens (tertiary/aromatic N) is 2. The number of amides is 1. The number of anilines is 1. The second kappa shape index (κ2) is 6.65. The van der Waals surface area contributed by atoms with Crippen molar-refractivity contribution in [1.29, 1.82) is 5.26 Å². The van der Waals surface area contributed by atoms with Gasteiger partial charge in [-0.25, -0.2) is 0 Å². The van der Waals surface area contributed by atoms with E-state index in [2.05, 4.69) is 11.4 Å². The molecule has 4 nitrogen and oxygen atoms in total. The molecule has 0 atom stereocenters. The van der Waals surface area contributed by atoms with E-state index in [1.807, 2.05) is 32.0 Å². The van der Waals surface area contributed by atoms with Crippen LogP contribution in [0.15, 0.2) is 24.3 Å². The van der Waals surface area contributed by atoms with Gasteiger partial charge in [0.1, 0.15) is 0 Å². The lowest BCUT2D eigenvalue weighted by molar-refractivity contribution is 0.0711. The van der Waals surface area contributed by atoms with E-state index in [9.17, 15) is 4.79 Å². The molecule has 18 heavy (non-hydrogen) atoms. The minimum atomic E-state index is -0.0369. The molecule has 0 unspecified atom stereocenters. The molecule has 1 amide bonds. The highest BCUT2D eigenvalue weighted by molar-refractivity contribution is 5.99. The lowest BCUT2D eigenvalue weighted by atomic mass is 10.1. The Morgan fingerprint density at radius 3 is 2.67 bits per heavy atom. The molecule has 1 rings (SSSR count). The molecule has 0 aliphatic carbocycles. The molecule has 0 bridgehead atoms. The highest BCUT2D eigenvalue weighted by Gasteiger charge is 2.20. The highest BCUT2D eigenvalue weighted by Crippen LogP contribution is 2.18. The van der Waals surface area contributed by atoms with E-state index < -0.39 is 0 Å². The molecule has 0 aliphatic rings. The van der Waals surface area contributed by atoms with Gasteiger partial charge in [0.15, 0.2) is 0 Å². The van der Waals surface area contributed by atoms with Crippen LogP contribution < -0.4 is 5.32 Å². The zero-order valence-corrected chi connectivity index (χ0v) is 11.1. The number of nitriles is 1. The molecule has 1 N–H and O–H groups in total. The predicted molar refractivity (Wildman–Crippen MR) is 72.4 cm³/mol. The van der Waals surface area contributed by atoms with Crippen LogP contribution in [0, 0.1) is 11.3 Å². The molecule has 0 radical (unpaired) electrons. The van der Waals surface area contributed by atoms with Crippen molar-refractivity contribution in [2.45, 2.75) is 26.3 Å². The Morgan fingerprint density at radius 2 is 2.11 bits per heavy atom. The van der Waals surface area contributed by atoms with Gasteiger partial charge in [0.2, 0.25) is 0 Å². The van der Waals surface area contributed by atoms with Crippen LogP contribution in [-0.2, 0) is 0 Å². The lowest BCUT2D eigenvalue weighted by Gasteiger charge is -2.26. The molecule has 4 heteroatoms. The van der Waals surface area contributed by atoms with Crippen molar-refractivity contribution in [3.05, 3.63) is 29.8 Å². The number of para-hydroxylation sites is 1. The van der Waals surface area contributed by atoms with Crippen molar-refractivity contribution in [1.82, 2.24) is 4.90 Å². The minimum absolute atomic E-state index is 0.0369. The van der Waals surface area contributed by atoms with Gasteiger partial charge in [-0.2, -0.15) is 5.26 Å². The van der Waals surface area contributed by atoms with E-state index in [0.717, 1.165) is 5.69 Å². The largest absolute Gasteiger partial charge is 0.387 e. The standard InChI is InChI=1S/C14H19N3O/c1-11(2)17(10-6-9-15)14(18)12-7-4-5-8-13(12)16-3/h4-5,7-8,11,16H,6,10H2,1-3H3. The van der Waals surface area contributed by atoms with Crippen LogP contribution in [0.2, 0.25) is 0 Å². The molecule has 1 aromatic rings. The van der Waals surface area contributed by atoms with Gasteiger partial charge in [0.25, 0.3) is 5.91 Å². The van der Waals surface area contributed by atoms with Gasteiger partial charge < -0.3 is 10.2 Å². The number of hydrogen-bond acceptors (Lipinski definition) is 3. The summed E-state index contributed by atoms with van der Waals surface area (Å²) in [6.45, 7) is 4.37. The van der Waals surface area contributed by atoms with E-state index in [4.69, 9.17) is 5.26 Å². The van der Waals surface area contributed by atoms with Gasteiger partial charge in [-0.1, -0.05) is 12.1 Å². The molecule has 0 saturated heterocycles. The second-order valence-electron chi connectivity index (χ2n) is 4.30. The molecule has 0 aliphatic heterocycles. The van der Waals surface area contributed by atoms with Crippen LogP contribution in [0.5, 0.6) is 0 Å². The van der Waals surface area contributed by atoms with Crippen LogP contribution in [0.25, 0.3) is 0 Å². The predicted octanol–water partition coefficient (Wildman–Crippen LogP) is 2.49. The Bertz CT molecular complexity index is 449. The fourth-order valence-electron chi connectivity index (χ4n) is 1.81. The van der Waals surface area contributed by atoms with E-state index in [1.165, 1.54) is 0 Å². The van der Waals surface area contributed by atoms with Gasteiger partial charge in [0, 0.05) is 25.3 Å². The van der Waals surface area contributed by atoms with Crippen molar-refractivity contribution >= 4 is 11.6 Å². The maximum Gasteiger partial charge on any atom is 0.256 e. The third-order valence-corrected chi connectivity index (χ3v) is 2.78. The first-order valence-corrected chi connectivity index (χ1v) is 6.06. The molecule has 0 fully saturated rings. The number of benzene rings is 1. The van der Waals surface area contributed by atoms with Crippen LogP contribution in [-0.4, -0.2) is 30.4 Å². The SMILES string of the molecule is CNc1ccccc1C(=O)N(CCC#N)C(C)C. The molecule has 0 aromatic heterocycles. The second-order valence-corrected chi connectivity index (χ2v) is 4.30. The summed E-state index contributed by atoms with van der Waals surface area (Å²) in [6.07, 6.45) is 0.353. The Balaban J connectivity index is 2.99. The topological polar surface area (TPSA) is 56.1 Å². The Hall–Kier alpha value is -2.02. The molecular weight excluding hydrogens is 226 g/mol. The van der Waals surface area contributed by atoms with E-state index >= 15 is 0 Å². The molecule has 1 aromatic carbocycles. The van der Waals surface area contributed by atoms with Crippen LogP contribution in [0.1, 0.15) is 30.6 Å². The van der Waals surface area contributed by atoms with Gasteiger partial charge in [-0.3, -0.25) is 4.79 Å². The van der Waals surface area contributed by atoms with Crippen LogP contribution in [0.3, 0.4) is 0 Å². The van der Waals surface area contributed by atoms with Crippen LogP contribution in [0.4, 0.5) is 5.69 Å². The van der Waals surface area contributed by atoms with Gasteiger partial charge in [0.05, 0.1) is 18.1 Å². The minimum Gasteiger partial charge on any atom is -0.387 e. The van der Waals surface area contributed by atoms with Gasteiger partial charge in [-0.05, 0) is 26.0 Å². The third-order valence-electron chi connectivity index (χ3n) is 2.78. The average Bonchev–Trinajstić information content (AvgIpc) is 2.38. The molecule has 0 spiro atoms. The summed E-state index contributed by atoms with van der Waals surface area (Å²) in [4.78, 5) is 14.2. The lowest BCUT2D eigenvalue weighted by Crippen LogP contribution is -2.37. The summed E-state index contributed by atoms with van der Waals surface area (Å²) >= 11 is 0. The zero-order chi connectivity index (χ0) is 13.5. The normalized spacial score (nSPS) is 9.94. The monoisotopic (exact) mass is 245 g/mol. The Kier molecular flexibility index (Phi) is 5.19. The van der Waals surface area contributed by atoms with E-state index in [-0.39, 0.29) is 11.9 Å². The smallest absolute Gasteiger partial charge is 0.256 e. The van der Waals surface area contributed by atoms with Gasteiger partial charge >= 0.3 is 0 Å². The van der Waals surface area contributed by atoms with Gasteiger partial charge in [-0.15, -0.1) is 0 Å². The van der Waals surface area contributed by atoms with Crippen molar-refractivity contribution in [3.63, 3.8) is 0 Å². The van der Waals surface area contributed by atoms with E-state index in [1.54, 1.807) is 18.0 Å². The van der Waals surface area contributed by atoms with E-state index in [0.29, 0.717) is 18.5 Å². The summed E-state index contributed by atoms with van der Waals surface area (Å²) in [5.41, 5.74) is 1.46. The van der Waals surface area contributed by atoms with Crippen molar-refractivity contribution in [2.75, 3.05) is 18.9 Å². The fourth-order valence-corrected chi connectivity index (χ4v) is 1.81. The average molecular weight is 245 g/mol. The number of carbonyl (C=O) groups is 1. The quantitative estimate of drug-likeness (QED) is 0.867. The third kappa shape index (κ3) is 3.24. The number of rotatable bonds is 5. The first kappa shape index (κ1) is 14.0. The molecule has 96 valence electrons. The van der Waals surface area contributed by atoms with Crippen LogP contribution >= 0.6 is 0 Å². The maximum atomic E-state index is 12.4. The highest BCUT2D eigenvalue weighted by atomic mass is 16.2. The summed E-state index contributed by atoms with van der Waals surface area (Å²) in [7, 11) is 1.79. The number of carbonyl (C=O) groups excluding carboxylic acids is 1. The fraction of sp³-hybridized carbons (Fsp3) is 0.429. The first-order valence-electron chi connectivity index (χ1n) is 6.06. The summed E-state index contributed by atoms with van der Waals surface area (Å²) in [5.74, 6) is -0.0369. The maximum absolute atomic E-state index is 12.4. The number of nitrogens with one attached hydrogen (secondary N) is 1. The molecular formula is C14H19N3O. The summed E-state index contributed by atoms with van der Waals surface area (Å²) in [5, 5.41) is 11.7. The Morgan fingerprint density at radius 1 is 1.44 bits per heavy atom. The molecule has 0 saturated carbocycles. The molecule has 0 heterocycles. The summed E-state index contributed by atoms with van der Waals surface area (Å²) < 4.78 is 0.